The molecule has 0 unspecified atom stereocenters. The number of hydrogen-bond acceptors (Lipinski definition) is 5. The van der Waals surface area contributed by atoms with E-state index in [1.54, 1.807) is 37.3 Å². The first-order chi connectivity index (χ1) is 18.2. The Labute approximate surface area is 231 Å². The van der Waals surface area contributed by atoms with Crippen LogP contribution in [0.25, 0.3) is 0 Å². The van der Waals surface area contributed by atoms with Crippen molar-refractivity contribution in [3.8, 4) is 17.2 Å². The van der Waals surface area contributed by atoms with Gasteiger partial charge in [-0.25, -0.2) is 13.1 Å². The number of rotatable bonds is 10. The molecule has 2 N–H and O–H groups in total. The molecule has 7 nitrogen and oxygen atoms in total. The van der Waals surface area contributed by atoms with Gasteiger partial charge in [0, 0.05) is 11.1 Å². The smallest absolute Gasteiger partial charge is 0.262 e. The molecule has 10 heteroatoms. The monoisotopic (exact) mass is 570 g/mol. The molecule has 0 aliphatic rings. The molecule has 4 rings (SSSR count). The molecular weight excluding hydrogens is 547 g/mol. The molecule has 1 amide bonds. The van der Waals surface area contributed by atoms with E-state index in [0.717, 1.165) is 5.56 Å². The molecule has 0 fully saturated rings. The number of sulfonamides is 1. The van der Waals surface area contributed by atoms with Crippen molar-refractivity contribution in [3.63, 3.8) is 0 Å². The lowest BCUT2D eigenvalue weighted by molar-refractivity contribution is -0.118. The quantitative estimate of drug-likeness (QED) is 0.217. The first-order valence-corrected chi connectivity index (χ1v) is 13.8. The van der Waals surface area contributed by atoms with E-state index in [9.17, 15) is 13.2 Å². The number of halogens is 2. The Morgan fingerprint density at radius 2 is 1.53 bits per heavy atom. The zero-order chi connectivity index (χ0) is 27.1. The highest BCUT2D eigenvalue weighted by Crippen LogP contribution is 2.32. The molecular formula is C28H24Cl2N2O5S. The van der Waals surface area contributed by atoms with Crippen LogP contribution in [0.15, 0.2) is 102 Å². The lowest BCUT2D eigenvalue weighted by Gasteiger charge is -2.16. The summed E-state index contributed by atoms with van der Waals surface area (Å²) in [6, 6.07) is 26.8. The molecule has 0 aliphatic carbocycles. The molecule has 38 heavy (non-hydrogen) atoms. The molecule has 0 aromatic heterocycles. The number of nitrogens with one attached hydrogen (secondary N) is 2. The number of amides is 1. The Bertz CT molecular complexity index is 1520. The topological polar surface area (TPSA) is 93.7 Å². The normalized spacial score (nSPS) is 12.0. The van der Waals surface area contributed by atoms with E-state index >= 15 is 0 Å². The second-order valence-electron chi connectivity index (χ2n) is 8.24. The maximum absolute atomic E-state index is 12.8. The zero-order valence-corrected chi connectivity index (χ0v) is 22.6. The van der Waals surface area contributed by atoms with Crippen LogP contribution in [-0.2, 0) is 14.8 Å². The first kappa shape index (κ1) is 27.5. The van der Waals surface area contributed by atoms with Gasteiger partial charge in [-0.05, 0) is 61.0 Å². The van der Waals surface area contributed by atoms with Gasteiger partial charge in [0.25, 0.3) is 5.91 Å². The number of carbonyl (C=O) groups is 1. The second kappa shape index (κ2) is 12.3. The van der Waals surface area contributed by atoms with Gasteiger partial charge in [0.1, 0.15) is 11.5 Å². The van der Waals surface area contributed by atoms with Crippen molar-refractivity contribution in [3.05, 3.63) is 113 Å². The number of anilines is 1. The Morgan fingerprint density at radius 1 is 0.868 bits per heavy atom. The summed E-state index contributed by atoms with van der Waals surface area (Å²) in [4.78, 5) is 12.6. The Balaban J connectivity index is 1.39. The summed E-state index contributed by atoms with van der Waals surface area (Å²) in [6.07, 6.45) is 0. The van der Waals surface area contributed by atoms with Gasteiger partial charge in [-0.3, -0.25) is 4.79 Å². The highest BCUT2D eigenvalue weighted by Gasteiger charge is 2.20. The lowest BCUT2D eigenvalue weighted by Crippen LogP contribution is -2.27. The van der Waals surface area contributed by atoms with Gasteiger partial charge in [0.05, 0.1) is 15.6 Å². The summed E-state index contributed by atoms with van der Waals surface area (Å²) in [5, 5.41) is 3.17. The molecule has 0 bridgehead atoms. The van der Waals surface area contributed by atoms with Crippen LogP contribution in [-0.4, -0.2) is 20.9 Å². The minimum absolute atomic E-state index is 0.0243. The van der Waals surface area contributed by atoms with Crippen molar-refractivity contribution in [2.75, 3.05) is 11.9 Å². The van der Waals surface area contributed by atoms with Crippen LogP contribution in [0.5, 0.6) is 17.2 Å². The van der Waals surface area contributed by atoms with Crippen molar-refractivity contribution in [2.24, 2.45) is 0 Å². The van der Waals surface area contributed by atoms with Crippen LogP contribution in [0.3, 0.4) is 0 Å². The number of carbonyl (C=O) groups excluding carboxylic acids is 1. The predicted molar refractivity (Wildman–Crippen MR) is 149 cm³/mol. The van der Waals surface area contributed by atoms with Crippen molar-refractivity contribution in [2.45, 2.75) is 17.9 Å². The summed E-state index contributed by atoms with van der Waals surface area (Å²) in [5.41, 5.74) is 1.19. The highest BCUT2D eigenvalue weighted by atomic mass is 35.5. The van der Waals surface area contributed by atoms with Crippen LogP contribution < -0.4 is 19.5 Å². The third-order valence-electron chi connectivity index (χ3n) is 5.39. The van der Waals surface area contributed by atoms with E-state index in [2.05, 4.69) is 10.0 Å². The van der Waals surface area contributed by atoms with E-state index in [1.165, 1.54) is 18.2 Å². The first-order valence-electron chi connectivity index (χ1n) is 11.5. The van der Waals surface area contributed by atoms with E-state index in [1.807, 2.05) is 48.5 Å². The fourth-order valence-electron chi connectivity index (χ4n) is 3.51. The Kier molecular flexibility index (Phi) is 8.91. The molecule has 1 atom stereocenters. The minimum Gasteiger partial charge on any atom is -0.482 e. The highest BCUT2D eigenvalue weighted by molar-refractivity contribution is 7.89. The van der Waals surface area contributed by atoms with Crippen LogP contribution in [0, 0.1) is 0 Å². The van der Waals surface area contributed by atoms with Crippen LogP contribution in [0.1, 0.15) is 18.5 Å². The molecule has 0 spiro atoms. The molecule has 0 heterocycles. The van der Waals surface area contributed by atoms with Gasteiger partial charge in [-0.15, -0.1) is 0 Å². The summed E-state index contributed by atoms with van der Waals surface area (Å²) < 4.78 is 39.7. The molecule has 4 aromatic carbocycles. The summed E-state index contributed by atoms with van der Waals surface area (Å²) in [7, 11) is -3.85. The molecule has 196 valence electrons. The van der Waals surface area contributed by atoms with Crippen molar-refractivity contribution in [1.82, 2.24) is 4.72 Å². The summed E-state index contributed by atoms with van der Waals surface area (Å²) >= 11 is 12.4. The minimum atomic E-state index is -3.85. The van der Waals surface area contributed by atoms with Gasteiger partial charge in [-0.2, -0.15) is 0 Å². The predicted octanol–water partition coefficient (Wildman–Crippen LogP) is 6.84. The number of hydrogen-bond donors (Lipinski definition) is 2. The maximum Gasteiger partial charge on any atom is 0.262 e. The van der Waals surface area contributed by atoms with E-state index in [4.69, 9.17) is 32.7 Å². The van der Waals surface area contributed by atoms with Crippen LogP contribution in [0.2, 0.25) is 10.0 Å². The van der Waals surface area contributed by atoms with Crippen molar-refractivity contribution < 1.29 is 22.7 Å². The van der Waals surface area contributed by atoms with Gasteiger partial charge in [-0.1, -0.05) is 71.7 Å². The maximum atomic E-state index is 12.8. The molecule has 0 radical (unpaired) electrons. The van der Waals surface area contributed by atoms with Gasteiger partial charge < -0.3 is 14.8 Å². The SMILES string of the molecule is C[C@@H](NS(=O)(=O)c1ccc(OCC(=O)Nc2cc(Cl)ccc2Oc2ccccc2)c(Cl)c1)c1ccccc1. The summed E-state index contributed by atoms with van der Waals surface area (Å²) in [5.74, 6) is 0.662. The van der Waals surface area contributed by atoms with Crippen molar-refractivity contribution in [1.29, 1.82) is 0 Å². The molecule has 0 saturated carbocycles. The Hall–Kier alpha value is -3.56. The molecule has 4 aromatic rings. The zero-order valence-electron chi connectivity index (χ0n) is 20.2. The van der Waals surface area contributed by atoms with Crippen LogP contribution >= 0.6 is 23.2 Å². The van der Waals surface area contributed by atoms with Crippen molar-refractivity contribution >= 4 is 44.8 Å². The lowest BCUT2D eigenvalue weighted by atomic mass is 10.1. The fraction of sp³-hybridized carbons (Fsp3) is 0.107. The van der Waals surface area contributed by atoms with Gasteiger partial charge in [0.15, 0.2) is 12.4 Å². The van der Waals surface area contributed by atoms with E-state index in [0.29, 0.717) is 22.2 Å². The molecule has 0 saturated heterocycles. The summed E-state index contributed by atoms with van der Waals surface area (Å²) in [6.45, 7) is 1.37. The standard InChI is InChI=1S/C28H24Cl2N2O5S/c1-19(20-8-4-2-5-9-20)32-38(34,35)23-13-15-26(24(30)17-23)36-18-28(33)31-25-16-21(29)12-14-27(25)37-22-10-6-3-7-11-22/h2-17,19,32H,18H2,1H3,(H,31,33)/t19-/m1/s1. The number of benzene rings is 4. The second-order valence-corrected chi connectivity index (χ2v) is 10.8. The molecule has 0 aliphatic heterocycles. The van der Waals surface area contributed by atoms with Gasteiger partial charge >= 0.3 is 0 Å². The number of para-hydroxylation sites is 1. The fourth-order valence-corrected chi connectivity index (χ4v) is 5.24. The third kappa shape index (κ3) is 7.26. The number of ether oxygens (including phenoxy) is 2. The Morgan fingerprint density at radius 3 is 2.21 bits per heavy atom. The van der Waals surface area contributed by atoms with Crippen LogP contribution in [0.4, 0.5) is 5.69 Å². The average molecular weight is 571 g/mol. The average Bonchev–Trinajstić information content (AvgIpc) is 2.90. The van der Waals surface area contributed by atoms with E-state index < -0.39 is 22.0 Å². The third-order valence-corrected chi connectivity index (χ3v) is 7.46. The largest absolute Gasteiger partial charge is 0.482 e. The van der Waals surface area contributed by atoms with E-state index in [-0.39, 0.29) is 22.3 Å². The van der Waals surface area contributed by atoms with Gasteiger partial charge in [0.2, 0.25) is 10.0 Å².